The van der Waals surface area contributed by atoms with E-state index in [1.807, 2.05) is 0 Å². The van der Waals surface area contributed by atoms with Crippen molar-refractivity contribution in [1.29, 1.82) is 0 Å². The molecule has 0 aromatic carbocycles. The minimum atomic E-state index is -2.52. The van der Waals surface area contributed by atoms with Crippen LogP contribution in [-0.2, 0) is 9.53 Å². The number of methoxy groups -OCH3 is 1. The largest absolute Gasteiger partial charge is 0.469 e. The highest BCUT2D eigenvalue weighted by Crippen LogP contribution is 2.69. The molecular formula is C9H12F2O2. The van der Waals surface area contributed by atoms with E-state index in [-0.39, 0.29) is 18.3 Å². The summed E-state index contributed by atoms with van der Waals surface area (Å²) in [5.41, 5.74) is -0.841. The van der Waals surface area contributed by atoms with Gasteiger partial charge in [0, 0.05) is 11.8 Å². The third-order valence-electron chi connectivity index (χ3n) is 3.35. The molecule has 0 bridgehead atoms. The summed E-state index contributed by atoms with van der Waals surface area (Å²) in [6.07, 6.45) is 1.31. The summed E-state index contributed by atoms with van der Waals surface area (Å²) in [4.78, 5) is 11.1. The number of esters is 1. The van der Waals surface area contributed by atoms with Gasteiger partial charge < -0.3 is 4.74 Å². The van der Waals surface area contributed by atoms with Crippen LogP contribution in [0, 0.1) is 11.3 Å². The first-order valence-corrected chi connectivity index (χ1v) is 4.46. The molecule has 0 aromatic heterocycles. The highest BCUT2D eigenvalue weighted by Gasteiger charge is 2.72. The van der Waals surface area contributed by atoms with Gasteiger partial charge in [-0.25, -0.2) is 8.78 Å². The van der Waals surface area contributed by atoms with Crippen molar-refractivity contribution in [1.82, 2.24) is 0 Å². The van der Waals surface area contributed by atoms with Crippen LogP contribution in [0.5, 0.6) is 0 Å². The Morgan fingerprint density at radius 1 is 1.54 bits per heavy atom. The van der Waals surface area contributed by atoms with E-state index in [4.69, 9.17) is 0 Å². The van der Waals surface area contributed by atoms with Crippen molar-refractivity contribution in [3.05, 3.63) is 0 Å². The average molecular weight is 190 g/mol. The zero-order valence-corrected chi connectivity index (χ0v) is 7.48. The van der Waals surface area contributed by atoms with Crippen LogP contribution >= 0.6 is 0 Å². The van der Waals surface area contributed by atoms with Crippen LogP contribution in [0.25, 0.3) is 0 Å². The van der Waals surface area contributed by atoms with Crippen LogP contribution in [0.3, 0.4) is 0 Å². The minimum Gasteiger partial charge on any atom is -0.469 e. The molecule has 0 amide bonds. The Morgan fingerprint density at radius 3 is 2.54 bits per heavy atom. The molecule has 2 fully saturated rings. The zero-order chi connectivity index (χ0) is 9.69. The molecule has 2 aliphatic rings. The normalized spacial score (nSPS) is 40.7. The lowest BCUT2D eigenvalue weighted by Gasteiger charge is -2.07. The van der Waals surface area contributed by atoms with Crippen LogP contribution in [0.4, 0.5) is 8.78 Å². The third kappa shape index (κ3) is 1.15. The van der Waals surface area contributed by atoms with Crippen molar-refractivity contribution in [2.45, 2.75) is 31.6 Å². The van der Waals surface area contributed by atoms with Gasteiger partial charge in [-0.2, -0.15) is 0 Å². The van der Waals surface area contributed by atoms with Crippen molar-refractivity contribution in [3.8, 4) is 0 Å². The molecule has 2 aliphatic carbocycles. The fourth-order valence-corrected chi connectivity index (χ4v) is 2.37. The van der Waals surface area contributed by atoms with Crippen LogP contribution in [0.15, 0.2) is 0 Å². The quantitative estimate of drug-likeness (QED) is 0.591. The molecule has 2 nitrogen and oxygen atoms in total. The van der Waals surface area contributed by atoms with E-state index in [1.54, 1.807) is 0 Å². The summed E-state index contributed by atoms with van der Waals surface area (Å²) >= 11 is 0. The maximum Gasteiger partial charge on any atom is 0.308 e. The fourth-order valence-electron chi connectivity index (χ4n) is 2.37. The van der Waals surface area contributed by atoms with Gasteiger partial charge >= 0.3 is 5.97 Å². The number of rotatable bonds is 1. The predicted octanol–water partition coefficient (Wildman–Crippen LogP) is 1.98. The highest BCUT2D eigenvalue weighted by atomic mass is 19.3. The third-order valence-corrected chi connectivity index (χ3v) is 3.35. The summed E-state index contributed by atoms with van der Waals surface area (Å²) in [6.45, 7) is 0. The van der Waals surface area contributed by atoms with E-state index in [2.05, 4.69) is 4.74 Å². The lowest BCUT2D eigenvalue weighted by molar-refractivity contribution is -0.145. The molecule has 13 heavy (non-hydrogen) atoms. The number of carbonyl (C=O) groups is 1. The first-order chi connectivity index (χ1) is 6.01. The van der Waals surface area contributed by atoms with Gasteiger partial charge in [0.15, 0.2) is 0 Å². The summed E-state index contributed by atoms with van der Waals surface area (Å²) in [5.74, 6) is -3.14. The summed E-state index contributed by atoms with van der Waals surface area (Å²) < 4.78 is 30.3. The topological polar surface area (TPSA) is 26.3 Å². The van der Waals surface area contributed by atoms with E-state index in [0.29, 0.717) is 19.3 Å². The van der Waals surface area contributed by atoms with Crippen molar-refractivity contribution in [2.24, 2.45) is 11.3 Å². The van der Waals surface area contributed by atoms with E-state index in [1.165, 1.54) is 7.11 Å². The first-order valence-electron chi connectivity index (χ1n) is 4.46. The van der Waals surface area contributed by atoms with Gasteiger partial charge in [-0.1, -0.05) is 0 Å². The van der Waals surface area contributed by atoms with Gasteiger partial charge in [0.1, 0.15) is 0 Å². The Kier molecular flexibility index (Phi) is 1.66. The van der Waals surface area contributed by atoms with Crippen LogP contribution in [-0.4, -0.2) is 19.0 Å². The molecule has 2 rings (SSSR count). The van der Waals surface area contributed by atoms with Gasteiger partial charge in [0.25, 0.3) is 5.92 Å². The number of ether oxygens (including phenoxy) is 1. The average Bonchev–Trinajstić information content (AvgIpc) is 2.50. The molecule has 2 atom stereocenters. The fraction of sp³-hybridized carbons (Fsp3) is 0.889. The Hall–Kier alpha value is -0.670. The van der Waals surface area contributed by atoms with Crippen molar-refractivity contribution < 1.29 is 18.3 Å². The smallest absolute Gasteiger partial charge is 0.308 e. The molecule has 0 radical (unpaired) electrons. The van der Waals surface area contributed by atoms with Gasteiger partial charge in [-0.3, -0.25) is 4.79 Å². The first kappa shape index (κ1) is 8.91. The molecule has 0 aromatic rings. The number of carbonyl (C=O) groups excluding carboxylic acids is 1. The van der Waals surface area contributed by atoms with Gasteiger partial charge in [-0.15, -0.1) is 0 Å². The van der Waals surface area contributed by atoms with Gasteiger partial charge in [0.05, 0.1) is 13.0 Å². The van der Waals surface area contributed by atoms with E-state index in [9.17, 15) is 13.6 Å². The molecule has 74 valence electrons. The van der Waals surface area contributed by atoms with Crippen molar-refractivity contribution in [3.63, 3.8) is 0 Å². The molecule has 0 N–H and O–H groups in total. The molecule has 2 unspecified atom stereocenters. The van der Waals surface area contributed by atoms with E-state index >= 15 is 0 Å². The van der Waals surface area contributed by atoms with Gasteiger partial charge in [0.2, 0.25) is 0 Å². The number of hydrogen-bond acceptors (Lipinski definition) is 2. The summed E-state index contributed by atoms with van der Waals surface area (Å²) in [6, 6.07) is 0. The number of hydrogen-bond donors (Lipinski definition) is 0. The minimum absolute atomic E-state index is 0.0342. The Morgan fingerprint density at radius 2 is 2.15 bits per heavy atom. The van der Waals surface area contributed by atoms with Crippen LogP contribution in [0.1, 0.15) is 25.7 Å². The van der Waals surface area contributed by atoms with E-state index < -0.39 is 11.3 Å². The molecular weight excluding hydrogens is 178 g/mol. The highest BCUT2D eigenvalue weighted by molar-refractivity contribution is 5.73. The SMILES string of the molecule is COC(=O)C1CCC2(C1)CC2(F)F. The van der Waals surface area contributed by atoms with Crippen molar-refractivity contribution in [2.75, 3.05) is 7.11 Å². The summed E-state index contributed by atoms with van der Waals surface area (Å²) in [5, 5.41) is 0. The standard InChI is InChI=1S/C9H12F2O2/c1-13-7(12)6-2-3-8(4-6)5-9(8,10)11/h6H,2-5H2,1H3. The monoisotopic (exact) mass is 190 g/mol. The maximum atomic E-state index is 12.9. The second kappa shape index (κ2) is 2.42. The molecule has 0 aliphatic heterocycles. The zero-order valence-electron chi connectivity index (χ0n) is 7.48. The molecule has 1 spiro atoms. The molecule has 0 saturated heterocycles. The number of halogens is 2. The lowest BCUT2D eigenvalue weighted by atomic mass is 10.0. The second-order valence-corrected chi connectivity index (χ2v) is 4.12. The second-order valence-electron chi connectivity index (χ2n) is 4.12. The predicted molar refractivity (Wildman–Crippen MR) is 41.4 cm³/mol. The maximum absolute atomic E-state index is 12.9. The molecule has 0 heterocycles. The Balaban J connectivity index is 2.00. The Bertz CT molecular complexity index is 252. The Labute approximate surface area is 75.3 Å². The van der Waals surface area contributed by atoms with Gasteiger partial charge in [-0.05, 0) is 19.3 Å². The lowest BCUT2D eigenvalue weighted by Crippen LogP contribution is -2.14. The molecule has 2 saturated carbocycles. The van der Waals surface area contributed by atoms with E-state index in [0.717, 1.165) is 0 Å². The van der Waals surface area contributed by atoms with Crippen molar-refractivity contribution >= 4 is 5.97 Å². The van der Waals surface area contributed by atoms with Crippen LogP contribution in [0.2, 0.25) is 0 Å². The summed E-state index contributed by atoms with van der Waals surface area (Å²) in [7, 11) is 1.30. The van der Waals surface area contributed by atoms with Crippen LogP contribution < -0.4 is 0 Å². The number of alkyl halides is 2. The molecule has 4 heteroatoms.